The van der Waals surface area contributed by atoms with Gasteiger partial charge in [0, 0.05) is 6.42 Å². The molecule has 1 aliphatic rings. The fourth-order valence-electron chi connectivity index (χ4n) is 1.35. The van der Waals surface area contributed by atoms with E-state index in [1.807, 2.05) is 0 Å². The molecule has 1 saturated heterocycles. The maximum Gasteiger partial charge on any atom is 0.107 e. The van der Waals surface area contributed by atoms with Crippen LogP contribution in [-0.4, -0.2) is 35.1 Å². The van der Waals surface area contributed by atoms with Gasteiger partial charge >= 0.3 is 0 Å². The van der Waals surface area contributed by atoms with Gasteiger partial charge in [-0.1, -0.05) is 13.8 Å². The summed E-state index contributed by atoms with van der Waals surface area (Å²) >= 11 is 0. The number of rotatable bonds is 2. The molecule has 0 aliphatic carbocycles. The van der Waals surface area contributed by atoms with Gasteiger partial charge in [0.2, 0.25) is 0 Å². The first-order chi connectivity index (χ1) is 5.15. The van der Waals surface area contributed by atoms with Crippen LogP contribution in [0.15, 0.2) is 0 Å². The molecule has 66 valence electrons. The van der Waals surface area contributed by atoms with Gasteiger partial charge in [0.25, 0.3) is 0 Å². The average molecular weight is 160 g/mol. The third kappa shape index (κ3) is 1.92. The van der Waals surface area contributed by atoms with Crippen molar-refractivity contribution >= 4 is 0 Å². The van der Waals surface area contributed by atoms with E-state index < -0.39 is 6.10 Å². The Labute approximate surface area is 67.0 Å². The second-order valence-electron chi connectivity index (χ2n) is 3.44. The molecule has 3 atom stereocenters. The molecule has 0 aromatic rings. The zero-order chi connectivity index (χ0) is 8.43. The van der Waals surface area contributed by atoms with Crippen molar-refractivity contribution in [3.05, 3.63) is 0 Å². The molecule has 0 radical (unpaired) electrons. The quantitative estimate of drug-likeness (QED) is 0.604. The third-order valence-corrected chi connectivity index (χ3v) is 2.18. The van der Waals surface area contributed by atoms with Crippen molar-refractivity contribution in [1.29, 1.82) is 0 Å². The smallest absolute Gasteiger partial charge is 0.107 e. The summed E-state index contributed by atoms with van der Waals surface area (Å²) in [5.74, 6) is 0.418. The molecule has 0 bridgehead atoms. The average Bonchev–Trinajstić information content (AvgIpc) is 2.31. The first kappa shape index (κ1) is 8.97. The van der Waals surface area contributed by atoms with Crippen LogP contribution in [0.25, 0.3) is 0 Å². The first-order valence-corrected chi connectivity index (χ1v) is 4.09. The largest absolute Gasteiger partial charge is 0.394 e. The monoisotopic (exact) mass is 160 g/mol. The van der Waals surface area contributed by atoms with E-state index in [-0.39, 0.29) is 18.8 Å². The predicted molar refractivity (Wildman–Crippen MR) is 41.2 cm³/mol. The van der Waals surface area contributed by atoms with Gasteiger partial charge in [-0.05, 0) is 5.92 Å². The maximum absolute atomic E-state index is 9.32. The van der Waals surface area contributed by atoms with Gasteiger partial charge in [-0.15, -0.1) is 0 Å². The Balaban J connectivity index is 2.43. The van der Waals surface area contributed by atoms with Crippen LogP contribution in [0, 0.1) is 5.92 Å². The Morgan fingerprint density at radius 1 is 1.55 bits per heavy atom. The lowest BCUT2D eigenvalue weighted by atomic mass is 10.0. The highest BCUT2D eigenvalue weighted by atomic mass is 16.5. The van der Waals surface area contributed by atoms with E-state index in [4.69, 9.17) is 9.84 Å². The lowest BCUT2D eigenvalue weighted by molar-refractivity contribution is -0.0335. The number of hydrogen-bond donors (Lipinski definition) is 2. The minimum absolute atomic E-state index is 0.0790. The van der Waals surface area contributed by atoms with Crippen molar-refractivity contribution in [2.75, 3.05) is 6.61 Å². The fraction of sp³-hybridized carbons (Fsp3) is 1.00. The van der Waals surface area contributed by atoms with Crippen LogP contribution in [0.4, 0.5) is 0 Å². The first-order valence-electron chi connectivity index (χ1n) is 4.09. The summed E-state index contributed by atoms with van der Waals surface area (Å²) in [7, 11) is 0. The molecule has 11 heavy (non-hydrogen) atoms. The van der Waals surface area contributed by atoms with Crippen molar-refractivity contribution in [2.45, 2.75) is 38.6 Å². The molecule has 1 fully saturated rings. The summed E-state index contributed by atoms with van der Waals surface area (Å²) in [4.78, 5) is 0. The molecule has 0 saturated carbocycles. The fourth-order valence-corrected chi connectivity index (χ4v) is 1.35. The van der Waals surface area contributed by atoms with E-state index in [9.17, 15) is 5.11 Å². The topological polar surface area (TPSA) is 49.7 Å². The third-order valence-electron chi connectivity index (χ3n) is 2.18. The van der Waals surface area contributed by atoms with Gasteiger partial charge in [0.15, 0.2) is 0 Å². The summed E-state index contributed by atoms with van der Waals surface area (Å²) in [6.45, 7) is 4.03. The number of aliphatic hydroxyl groups is 2. The zero-order valence-electron chi connectivity index (χ0n) is 7.03. The van der Waals surface area contributed by atoms with E-state index in [1.54, 1.807) is 0 Å². The van der Waals surface area contributed by atoms with Gasteiger partial charge in [0.1, 0.15) is 6.10 Å². The maximum atomic E-state index is 9.32. The lowest BCUT2D eigenvalue weighted by Gasteiger charge is -2.14. The summed E-state index contributed by atoms with van der Waals surface area (Å²) < 4.78 is 5.38. The molecule has 0 aromatic heterocycles. The van der Waals surface area contributed by atoms with Gasteiger partial charge < -0.3 is 14.9 Å². The van der Waals surface area contributed by atoms with Crippen molar-refractivity contribution in [1.82, 2.24) is 0 Å². The molecule has 0 spiro atoms. The van der Waals surface area contributed by atoms with Gasteiger partial charge in [0.05, 0.1) is 18.8 Å². The van der Waals surface area contributed by atoms with Gasteiger partial charge in [-0.25, -0.2) is 0 Å². The summed E-state index contributed by atoms with van der Waals surface area (Å²) in [5.41, 5.74) is 0. The standard InChI is InChI=1S/C8H16O3/c1-5(2)7-3-6(10)8(4-9)11-7/h5-10H,3-4H2,1-2H3/t6?,7-,8-/m1/s1. The molecular weight excluding hydrogens is 144 g/mol. The normalized spacial score (nSPS) is 38.5. The molecule has 0 amide bonds. The predicted octanol–water partition coefficient (Wildman–Crippen LogP) is 0.153. The van der Waals surface area contributed by atoms with Crippen LogP contribution in [-0.2, 0) is 4.74 Å². The summed E-state index contributed by atoms with van der Waals surface area (Å²) in [6, 6.07) is 0. The molecule has 1 rings (SSSR count). The van der Waals surface area contributed by atoms with Crippen LogP contribution in [0.2, 0.25) is 0 Å². The van der Waals surface area contributed by atoms with Crippen molar-refractivity contribution in [3.63, 3.8) is 0 Å². The van der Waals surface area contributed by atoms with E-state index in [2.05, 4.69) is 13.8 Å². The zero-order valence-corrected chi connectivity index (χ0v) is 7.03. The number of ether oxygens (including phenoxy) is 1. The number of aliphatic hydroxyl groups excluding tert-OH is 2. The minimum atomic E-state index is -0.479. The second kappa shape index (κ2) is 3.52. The highest BCUT2D eigenvalue weighted by Gasteiger charge is 2.34. The van der Waals surface area contributed by atoms with E-state index in [0.29, 0.717) is 12.3 Å². The van der Waals surface area contributed by atoms with Gasteiger partial charge in [-0.3, -0.25) is 0 Å². The van der Waals surface area contributed by atoms with E-state index >= 15 is 0 Å². The summed E-state index contributed by atoms with van der Waals surface area (Å²) in [5, 5.41) is 18.1. The Morgan fingerprint density at radius 2 is 2.18 bits per heavy atom. The van der Waals surface area contributed by atoms with Crippen LogP contribution in [0.1, 0.15) is 20.3 Å². The SMILES string of the molecule is CC(C)[C@H]1CC(O)[C@@H](CO)O1. The second-order valence-corrected chi connectivity index (χ2v) is 3.44. The van der Waals surface area contributed by atoms with Crippen LogP contribution >= 0.6 is 0 Å². The van der Waals surface area contributed by atoms with Crippen molar-refractivity contribution in [2.24, 2.45) is 5.92 Å². The molecule has 1 aliphatic heterocycles. The Bertz CT molecular complexity index is 125. The highest BCUT2D eigenvalue weighted by molar-refractivity contribution is 4.82. The lowest BCUT2D eigenvalue weighted by Crippen LogP contribution is -2.24. The summed E-state index contributed by atoms with van der Waals surface area (Å²) in [6.07, 6.45) is -0.0694. The molecule has 2 N–H and O–H groups in total. The molecule has 3 heteroatoms. The molecule has 0 aromatic carbocycles. The minimum Gasteiger partial charge on any atom is -0.394 e. The van der Waals surface area contributed by atoms with Crippen LogP contribution in [0.3, 0.4) is 0 Å². The van der Waals surface area contributed by atoms with E-state index in [0.717, 1.165) is 0 Å². The van der Waals surface area contributed by atoms with E-state index in [1.165, 1.54) is 0 Å². The molecule has 1 heterocycles. The Kier molecular flexibility index (Phi) is 2.87. The molecular formula is C8H16O3. The highest BCUT2D eigenvalue weighted by Crippen LogP contribution is 2.25. The number of hydrogen-bond acceptors (Lipinski definition) is 3. The molecule has 3 nitrogen and oxygen atoms in total. The Hall–Kier alpha value is -0.120. The van der Waals surface area contributed by atoms with Crippen molar-refractivity contribution in [3.8, 4) is 0 Å². The van der Waals surface area contributed by atoms with Crippen LogP contribution < -0.4 is 0 Å². The molecule has 1 unspecified atom stereocenters. The Morgan fingerprint density at radius 3 is 2.45 bits per heavy atom. The van der Waals surface area contributed by atoms with Gasteiger partial charge in [-0.2, -0.15) is 0 Å². The van der Waals surface area contributed by atoms with Crippen molar-refractivity contribution < 1.29 is 14.9 Å². The van der Waals surface area contributed by atoms with Crippen LogP contribution in [0.5, 0.6) is 0 Å².